The van der Waals surface area contributed by atoms with Crippen molar-refractivity contribution in [2.75, 3.05) is 6.01 Å². The summed E-state index contributed by atoms with van der Waals surface area (Å²) in [5.74, 6) is 0. The third-order valence-electron chi connectivity index (χ3n) is 1.97. The van der Waals surface area contributed by atoms with Crippen LogP contribution in [0.5, 0.6) is 0 Å². The molecule has 1 saturated carbocycles. The van der Waals surface area contributed by atoms with Crippen LogP contribution in [0.2, 0.25) is 0 Å². The first-order valence-corrected chi connectivity index (χ1v) is 5.69. The summed E-state index contributed by atoms with van der Waals surface area (Å²) < 4.78 is 37.8. The van der Waals surface area contributed by atoms with Crippen LogP contribution in [0.25, 0.3) is 0 Å². The number of halogens is 1. The monoisotopic (exact) mass is 196 g/mol. The Hall–Kier alpha value is -0.160. The maximum Gasteiger partial charge on any atom is 0.297 e. The highest BCUT2D eigenvalue weighted by Crippen LogP contribution is 2.21. The van der Waals surface area contributed by atoms with Gasteiger partial charge in [-0.25, -0.2) is 4.39 Å². The average Bonchev–Trinajstić information content (AvgIpc) is 2.06. The molecule has 0 radical (unpaired) electrons. The summed E-state index contributed by atoms with van der Waals surface area (Å²) in [5.41, 5.74) is 0. The molecule has 0 bridgehead atoms. The zero-order valence-electron chi connectivity index (χ0n) is 6.83. The molecule has 0 aliphatic heterocycles. The molecule has 0 aromatic heterocycles. The highest BCUT2D eigenvalue weighted by Gasteiger charge is 2.21. The molecule has 72 valence electrons. The molecule has 0 amide bonds. The molecule has 1 fully saturated rings. The van der Waals surface area contributed by atoms with Crippen molar-refractivity contribution in [1.82, 2.24) is 0 Å². The molecule has 0 spiro atoms. The van der Waals surface area contributed by atoms with E-state index >= 15 is 0 Å². The van der Waals surface area contributed by atoms with Crippen molar-refractivity contribution >= 4 is 10.1 Å². The molecule has 1 rings (SSSR count). The first-order chi connectivity index (χ1) is 5.64. The van der Waals surface area contributed by atoms with Crippen LogP contribution in [0.3, 0.4) is 0 Å². The van der Waals surface area contributed by atoms with Crippen LogP contribution in [0.4, 0.5) is 4.39 Å². The Morgan fingerprint density at radius 3 is 2.33 bits per heavy atom. The second-order valence-corrected chi connectivity index (χ2v) is 4.55. The van der Waals surface area contributed by atoms with Crippen LogP contribution in [0, 0.1) is 0 Å². The fourth-order valence-corrected chi connectivity index (χ4v) is 2.05. The van der Waals surface area contributed by atoms with E-state index in [1.165, 1.54) is 0 Å². The quantitative estimate of drug-likeness (QED) is 0.644. The zero-order valence-corrected chi connectivity index (χ0v) is 7.65. The van der Waals surface area contributed by atoms with E-state index in [1.54, 1.807) is 0 Å². The van der Waals surface area contributed by atoms with E-state index in [0.29, 0.717) is 0 Å². The van der Waals surface area contributed by atoms with Crippen molar-refractivity contribution in [3.8, 4) is 0 Å². The van der Waals surface area contributed by atoms with Crippen LogP contribution in [0.15, 0.2) is 0 Å². The van der Waals surface area contributed by atoms with Gasteiger partial charge in [0.05, 0.1) is 6.10 Å². The Morgan fingerprint density at radius 2 is 1.83 bits per heavy atom. The molecule has 5 heteroatoms. The molecular formula is C7H13FO3S. The van der Waals surface area contributed by atoms with E-state index in [9.17, 15) is 12.8 Å². The van der Waals surface area contributed by atoms with Gasteiger partial charge in [0.25, 0.3) is 10.1 Å². The largest absolute Gasteiger partial charge is 0.297 e. The molecule has 1 aliphatic rings. The van der Waals surface area contributed by atoms with E-state index in [0.717, 1.165) is 32.1 Å². The molecule has 3 nitrogen and oxygen atoms in total. The molecule has 0 unspecified atom stereocenters. The number of rotatable bonds is 3. The van der Waals surface area contributed by atoms with Crippen LogP contribution in [-0.4, -0.2) is 20.5 Å². The van der Waals surface area contributed by atoms with Gasteiger partial charge in [0.15, 0.2) is 0 Å². The summed E-state index contributed by atoms with van der Waals surface area (Å²) in [6.45, 7) is 0. The first kappa shape index (κ1) is 9.92. The van der Waals surface area contributed by atoms with E-state index in [-0.39, 0.29) is 6.10 Å². The number of hydrogen-bond acceptors (Lipinski definition) is 3. The van der Waals surface area contributed by atoms with Crippen molar-refractivity contribution in [3.05, 3.63) is 0 Å². The molecule has 0 N–H and O–H groups in total. The first-order valence-electron chi connectivity index (χ1n) is 4.11. The minimum absolute atomic E-state index is 0.278. The fraction of sp³-hybridized carbons (Fsp3) is 1.00. The number of alkyl halides is 1. The summed E-state index contributed by atoms with van der Waals surface area (Å²) >= 11 is 0. The normalized spacial score (nSPS) is 21.1. The highest BCUT2D eigenvalue weighted by molar-refractivity contribution is 7.86. The lowest BCUT2D eigenvalue weighted by molar-refractivity contribution is 0.159. The van der Waals surface area contributed by atoms with Gasteiger partial charge in [-0.1, -0.05) is 19.3 Å². The third-order valence-corrected chi connectivity index (χ3v) is 2.80. The predicted octanol–water partition coefficient (Wildman–Crippen LogP) is 1.59. The van der Waals surface area contributed by atoms with Gasteiger partial charge in [0.2, 0.25) is 6.01 Å². The van der Waals surface area contributed by atoms with Crippen molar-refractivity contribution in [2.24, 2.45) is 0 Å². The lowest BCUT2D eigenvalue weighted by atomic mass is 9.98. The molecule has 0 saturated heterocycles. The van der Waals surface area contributed by atoms with Crippen LogP contribution in [-0.2, 0) is 14.3 Å². The second kappa shape index (κ2) is 4.18. The minimum atomic E-state index is -3.89. The Bertz CT molecular complexity index is 219. The Morgan fingerprint density at radius 1 is 1.25 bits per heavy atom. The number of hydrogen-bond donors (Lipinski definition) is 0. The van der Waals surface area contributed by atoms with Gasteiger partial charge >= 0.3 is 0 Å². The smallest absolute Gasteiger partial charge is 0.265 e. The maximum atomic E-state index is 11.8. The lowest BCUT2D eigenvalue weighted by Crippen LogP contribution is -2.21. The highest BCUT2D eigenvalue weighted by atomic mass is 32.2. The van der Waals surface area contributed by atoms with Gasteiger partial charge in [-0.3, -0.25) is 4.18 Å². The molecule has 12 heavy (non-hydrogen) atoms. The van der Waals surface area contributed by atoms with Gasteiger partial charge in [-0.2, -0.15) is 8.42 Å². The molecule has 1 aliphatic carbocycles. The zero-order chi connectivity index (χ0) is 9.03. The van der Waals surface area contributed by atoms with Crippen molar-refractivity contribution < 1.29 is 17.0 Å². The van der Waals surface area contributed by atoms with E-state index in [4.69, 9.17) is 0 Å². The molecule has 0 atom stereocenters. The van der Waals surface area contributed by atoms with E-state index in [2.05, 4.69) is 4.18 Å². The van der Waals surface area contributed by atoms with Crippen molar-refractivity contribution in [1.29, 1.82) is 0 Å². The molecule has 0 aromatic rings. The fourth-order valence-electron chi connectivity index (χ4n) is 1.39. The minimum Gasteiger partial charge on any atom is -0.265 e. The maximum absolute atomic E-state index is 11.8. The van der Waals surface area contributed by atoms with Crippen molar-refractivity contribution in [3.63, 3.8) is 0 Å². The second-order valence-electron chi connectivity index (χ2n) is 3.02. The summed E-state index contributed by atoms with van der Waals surface area (Å²) in [6.07, 6.45) is 4.27. The molecule has 0 aromatic carbocycles. The Balaban J connectivity index is 2.39. The molecule has 0 heterocycles. The summed E-state index contributed by atoms with van der Waals surface area (Å²) in [5, 5.41) is 0. The lowest BCUT2D eigenvalue weighted by Gasteiger charge is -2.20. The predicted molar refractivity (Wildman–Crippen MR) is 42.9 cm³/mol. The summed E-state index contributed by atoms with van der Waals surface area (Å²) in [4.78, 5) is 0. The Labute approximate surface area is 72.0 Å². The topological polar surface area (TPSA) is 43.4 Å². The summed E-state index contributed by atoms with van der Waals surface area (Å²) in [7, 11) is -3.89. The van der Waals surface area contributed by atoms with Gasteiger partial charge < -0.3 is 0 Å². The summed E-state index contributed by atoms with van der Waals surface area (Å²) in [6, 6.07) is -1.41. The SMILES string of the molecule is O=S(=O)(CF)OC1CCCCC1. The van der Waals surface area contributed by atoms with Gasteiger partial charge in [0.1, 0.15) is 0 Å². The van der Waals surface area contributed by atoms with Gasteiger partial charge in [-0.15, -0.1) is 0 Å². The average molecular weight is 196 g/mol. The van der Waals surface area contributed by atoms with Gasteiger partial charge in [0, 0.05) is 0 Å². The van der Waals surface area contributed by atoms with Crippen molar-refractivity contribution in [2.45, 2.75) is 38.2 Å². The van der Waals surface area contributed by atoms with Crippen LogP contribution in [0.1, 0.15) is 32.1 Å². The van der Waals surface area contributed by atoms with Crippen LogP contribution < -0.4 is 0 Å². The van der Waals surface area contributed by atoms with Gasteiger partial charge in [-0.05, 0) is 12.8 Å². The van der Waals surface area contributed by atoms with E-state index in [1.807, 2.05) is 0 Å². The van der Waals surface area contributed by atoms with E-state index < -0.39 is 16.1 Å². The van der Waals surface area contributed by atoms with Crippen LogP contribution >= 0.6 is 0 Å². The molecular weight excluding hydrogens is 183 g/mol. The third kappa shape index (κ3) is 3.06. The standard InChI is InChI=1S/C7H13FO3S/c8-6-12(9,10)11-7-4-2-1-3-5-7/h7H,1-6H2. The Kier molecular flexibility index (Phi) is 3.46.